The Morgan fingerprint density at radius 3 is 2.29 bits per heavy atom. The topological polar surface area (TPSA) is 121 Å². The van der Waals surface area contributed by atoms with Gasteiger partial charge in [-0.3, -0.25) is 14.4 Å². The van der Waals surface area contributed by atoms with Gasteiger partial charge in [0.1, 0.15) is 0 Å². The van der Waals surface area contributed by atoms with Gasteiger partial charge in [0.2, 0.25) is 12.3 Å². The minimum Gasteiger partial charge on any atom is -0.372 e. The molecule has 0 fully saturated rings. The smallest absolute Gasteiger partial charge is 0.255 e. The summed E-state index contributed by atoms with van der Waals surface area (Å²) < 4.78 is 6.55. The molecule has 3 aromatic rings. The lowest BCUT2D eigenvalue weighted by Gasteiger charge is -2.39. The second kappa shape index (κ2) is 20.9. The Bertz CT molecular complexity index is 1710. The van der Waals surface area contributed by atoms with Crippen molar-refractivity contribution in [1.82, 2.24) is 21.3 Å². The van der Waals surface area contributed by atoms with Crippen LogP contribution in [0.15, 0.2) is 66.7 Å². The maximum absolute atomic E-state index is 14.3. The first-order valence-electron chi connectivity index (χ1n) is 20.6. The quantitative estimate of drug-likeness (QED) is 0.0744. The van der Waals surface area contributed by atoms with Crippen molar-refractivity contribution >= 4 is 23.9 Å². The number of benzene rings is 3. The molecule has 3 aromatic carbocycles. The third-order valence-corrected chi connectivity index (χ3v) is 11.1. The van der Waals surface area contributed by atoms with Crippen molar-refractivity contribution < 1.29 is 19.1 Å². The van der Waals surface area contributed by atoms with Crippen molar-refractivity contribution in [2.24, 2.45) is 28.6 Å². The van der Waals surface area contributed by atoms with Gasteiger partial charge in [0.25, 0.3) is 5.91 Å². The minimum absolute atomic E-state index is 0.0117. The van der Waals surface area contributed by atoms with Gasteiger partial charge in [0.15, 0.2) is 0 Å². The Balaban J connectivity index is 1.43. The lowest BCUT2D eigenvalue weighted by atomic mass is 9.70. The molecule has 4 rings (SSSR count). The number of nitrogens with one attached hydrogen (secondary N) is 5. The Morgan fingerprint density at radius 2 is 1.62 bits per heavy atom. The first-order chi connectivity index (χ1) is 26.6. The highest BCUT2D eigenvalue weighted by Gasteiger charge is 2.39. The van der Waals surface area contributed by atoms with Gasteiger partial charge in [0.05, 0.1) is 18.8 Å². The number of ether oxygens (including phenoxy) is 1. The molecule has 0 spiro atoms. The summed E-state index contributed by atoms with van der Waals surface area (Å²) in [5, 5.41) is 16.0. The van der Waals surface area contributed by atoms with Crippen LogP contribution >= 0.6 is 0 Å². The number of fused-ring (bicyclic) bond motifs is 1. The molecular weight excluding hydrogens is 699 g/mol. The third kappa shape index (κ3) is 13.6. The summed E-state index contributed by atoms with van der Waals surface area (Å²) in [6.07, 6.45) is 6.11. The lowest BCUT2D eigenvalue weighted by Crippen LogP contribution is -2.47. The third-order valence-electron chi connectivity index (χ3n) is 11.1. The molecule has 0 saturated heterocycles. The molecule has 0 radical (unpaired) electrons. The maximum atomic E-state index is 14.3. The summed E-state index contributed by atoms with van der Waals surface area (Å²) in [4.78, 5) is 38.8. The number of hydrogen-bond acceptors (Lipinski definition) is 6. The minimum atomic E-state index is -0.267. The van der Waals surface area contributed by atoms with E-state index in [0.29, 0.717) is 49.7 Å². The average Bonchev–Trinajstić information content (AvgIpc) is 3.14. The van der Waals surface area contributed by atoms with E-state index in [-0.39, 0.29) is 46.6 Å². The van der Waals surface area contributed by atoms with Crippen LogP contribution in [0.25, 0.3) is 0 Å². The normalized spacial score (nSPS) is 16.6. The Morgan fingerprint density at radius 1 is 0.911 bits per heavy atom. The van der Waals surface area contributed by atoms with Crippen molar-refractivity contribution in [2.75, 3.05) is 32.5 Å². The van der Waals surface area contributed by atoms with Gasteiger partial charge in [-0.05, 0) is 134 Å². The lowest BCUT2D eigenvalue weighted by molar-refractivity contribution is -0.131. The second-order valence-corrected chi connectivity index (χ2v) is 18.2. The van der Waals surface area contributed by atoms with Gasteiger partial charge in [-0.25, -0.2) is 0 Å². The van der Waals surface area contributed by atoms with Crippen molar-refractivity contribution in [2.45, 2.75) is 112 Å². The number of amides is 3. The van der Waals surface area contributed by atoms with Crippen LogP contribution in [0.1, 0.15) is 118 Å². The Kier molecular flexibility index (Phi) is 16.7. The summed E-state index contributed by atoms with van der Waals surface area (Å²) in [7, 11) is 3.86. The molecule has 0 saturated carbocycles. The number of rotatable bonds is 20. The van der Waals surface area contributed by atoms with E-state index in [9.17, 15) is 14.4 Å². The highest BCUT2D eigenvalue weighted by atomic mass is 16.5. The van der Waals surface area contributed by atoms with Crippen molar-refractivity contribution in [3.8, 4) is 0 Å². The fourth-order valence-electron chi connectivity index (χ4n) is 8.51. The van der Waals surface area contributed by atoms with E-state index in [4.69, 9.17) is 4.74 Å². The fourth-order valence-corrected chi connectivity index (χ4v) is 8.51. The predicted octanol–water partition coefficient (Wildman–Crippen LogP) is 7.99. The van der Waals surface area contributed by atoms with Gasteiger partial charge in [0, 0.05) is 30.3 Å². The zero-order chi connectivity index (χ0) is 40.9. The van der Waals surface area contributed by atoms with Gasteiger partial charge >= 0.3 is 0 Å². The highest BCUT2D eigenvalue weighted by Crippen LogP contribution is 2.37. The molecule has 306 valence electrons. The number of aryl methyl sites for hydroxylation is 1. The first-order valence-corrected chi connectivity index (χ1v) is 20.6. The standard InChI is InChI=1S/C47H69N5O4/c1-32(26-46(2,3)4)23-36-21-22-38(24-37(36)27-50-31-53)51-44(54)35-19-17-33(18-20-35)30-56-39(28-48-8)25-41(42(29-49-9)47(5,6)7)45(55)52-43-16-12-14-34-13-10-11-15-40(34)43/h10-11,13,15,17-22,24,31-32,39,41-43,48-49H,12,14,16,23,25-30H2,1-9H3,(H,50,53)(H,51,54)(H,52,55). The Hall–Kier alpha value is -4.05. The van der Waals surface area contributed by atoms with Gasteiger partial charge < -0.3 is 31.3 Å². The average molecular weight is 768 g/mol. The van der Waals surface area contributed by atoms with Crippen molar-refractivity contribution in [3.05, 3.63) is 100 Å². The van der Waals surface area contributed by atoms with E-state index < -0.39 is 0 Å². The number of carbonyl (C=O) groups excluding carboxylic acids is 3. The molecule has 1 aliphatic rings. The van der Waals surface area contributed by atoms with E-state index >= 15 is 0 Å². The molecule has 5 unspecified atom stereocenters. The van der Waals surface area contributed by atoms with E-state index in [1.165, 1.54) is 16.7 Å². The maximum Gasteiger partial charge on any atom is 0.255 e. The summed E-state index contributed by atoms with van der Waals surface area (Å²) in [5.41, 5.74) is 7.02. The summed E-state index contributed by atoms with van der Waals surface area (Å²) in [5.74, 6) is 0.167. The summed E-state index contributed by atoms with van der Waals surface area (Å²) >= 11 is 0. The SMILES string of the molecule is CNCC(CC(C(=O)NC1CCCc2ccccc21)C(CNC)C(C)(C)C)OCc1ccc(C(=O)Nc2ccc(CC(C)CC(C)(C)C)c(CNC=O)c2)cc1. The van der Waals surface area contributed by atoms with E-state index in [1.54, 1.807) is 0 Å². The molecule has 9 heteroatoms. The van der Waals surface area contributed by atoms with Gasteiger partial charge in [-0.1, -0.05) is 90.9 Å². The molecular formula is C47H69N5O4. The fraction of sp³-hybridized carbons (Fsp3) is 0.553. The summed E-state index contributed by atoms with van der Waals surface area (Å²) in [6.45, 7) is 17.7. The van der Waals surface area contributed by atoms with Gasteiger partial charge in [-0.2, -0.15) is 0 Å². The highest BCUT2D eigenvalue weighted by molar-refractivity contribution is 6.04. The first kappa shape index (κ1) is 44.7. The molecule has 0 aliphatic heterocycles. The van der Waals surface area contributed by atoms with Crippen LogP contribution in [0.4, 0.5) is 5.69 Å². The molecule has 0 bridgehead atoms. The molecule has 3 amide bonds. The Labute approximate surface area is 336 Å². The molecule has 9 nitrogen and oxygen atoms in total. The van der Waals surface area contributed by atoms with E-state index in [1.807, 2.05) is 50.5 Å². The van der Waals surface area contributed by atoms with Crippen LogP contribution in [0, 0.1) is 28.6 Å². The van der Waals surface area contributed by atoms with Crippen molar-refractivity contribution in [1.29, 1.82) is 0 Å². The van der Waals surface area contributed by atoms with Crippen LogP contribution in [0.2, 0.25) is 0 Å². The number of anilines is 1. The van der Waals surface area contributed by atoms with Crippen LogP contribution < -0.4 is 26.6 Å². The van der Waals surface area contributed by atoms with Crippen LogP contribution in [-0.2, 0) is 40.3 Å². The molecule has 0 aromatic heterocycles. The predicted molar refractivity (Wildman–Crippen MR) is 228 cm³/mol. The number of hydrogen-bond donors (Lipinski definition) is 5. The van der Waals surface area contributed by atoms with Crippen LogP contribution in [-0.4, -0.2) is 51.5 Å². The van der Waals surface area contributed by atoms with Crippen LogP contribution in [0.3, 0.4) is 0 Å². The monoisotopic (exact) mass is 768 g/mol. The zero-order valence-corrected chi connectivity index (χ0v) is 35.5. The van der Waals surface area contributed by atoms with Gasteiger partial charge in [-0.15, -0.1) is 0 Å². The van der Waals surface area contributed by atoms with E-state index in [0.717, 1.165) is 49.8 Å². The number of likely N-dealkylation sites (N-methyl/N-ethyl adjacent to an activating group) is 1. The zero-order valence-electron chi connectivity index (χ0n) is 35.5. The molecule has 1 aliphatic carbocycles. The van der Waals surface area contributed by atoms with Crippen LogP contribution in [0.5, 0.6) is 0 Å². The second-order valence-electron chi connectivity index (χ2n) is 18.2. The van der Waals surface area contributed by atoms with E-state index in [2.05, 4.69) is 105 Å². The molecule has 5 N–H and O–H groups in total. The molecule has 56 heavy (non-hydrogen) atoms. The van der Waals surface area contributed by atoms with Crippen molar-refractivity contribution in [3.63, 3.8) is 0 Å². The molecule has 5 atom stereocenters. The largest absolute Gasteiger partial charge is 0.372 e. The number of carbonyl (C=O) groups is 3. The molecule has 0 heterocycles. The summed E-state index contributed by atoms with van der Waals surface area (Å²) in [6, 6.07) is 21.9.